The van der Waals surface area contributed by atoms with Crippen LogP contribution in [0.15, 0.2) is 24.3 Å². The lowest BCUT2D eigenvalue weighted by Crippen LogP contribution is -2.30. The molecule has 0 aliphatic rings. The number of methoxy groups -OCH3 is 1. The summed E-state index contributed by atoms with van der Waals surface area (Å²) in [5, 5.41) is 2.51. The molecule has 0 saturated heterocycles. The van der Waals surface area contributed by atoms with E-state index in [1.807, 2.05) is 24.3 Å². The standard InChI is InChI=1S/C14H18F3NO3/c1-20-12-6-4-11(5-7-12)3-2-8-18-13(19)9-21-10-14(15,16)17/h4-7H,2-3,8-10H2,1H3,(H,18,19). The minimum Gasteiger partial charge on any atom is -0.497 e. The van der Waals surface area contributed by atoms with Gasteiger partial charge in [0.2, 0.25) is 5.91 Å². The molecule has 0 fully saturated rings. The first-order valence-corrected chi connectivity index (χ1v) is 6.45. The van der Waals surface area contributed by atoms with Gasteiger partial charge in [0.1, 0.15) is 19.0 Å². The molecule has 7 heteroatoms. The molecule has 1 N–H and O–H groups in total. The molecule has 0 saturated carbocycles. The van der Waals surface area contributed by atoms with Crippen molar-refractivity contribution >= 4 is 5.91 Å². The third-order valence-corrected chi connectivity index (χ3v) is 2.62. The Morgan fingerprint density at radius 2 is 1.90 bits per heavy atom. The summed E-state index contributed by atoms with van der Waals surface area (Å²) in [6.07, 6.45) is -2.96. The fraction of sp³-hybridized carbons (Fsp3) is 0.500. The van der Waals surface area contributed by atoms with Gasteiger partial charge >= 0.3 is 6.18 Å². The smallest absolute Gasteiger partial charge is 0.411 e. The van der Waals surface area contributed by atoms with E-state index in [9.17, 15) is 18.0 Å². The number of halogens is 3. The maximum atomic E-state index is 11.8. The predicted molar refractivity (Wildman–Crippen MR) is 71.2 cm³/mol. The van der Waals surface area contributed by atoms with Crippen molar-refractivity contribution in [3.05, 3.63) is 29.8 Å². The van der Waals surface area contributed by atoms with E-state index in [0.717, 1.165) is 17.7 Å². The molecule has 1 amide bonds. The van der Waals surface area contributed by atoms with E-state index in [1.54, 1.807) is 7.11 Å². The van der Waals surface area contributed by atoms with E-state index in [2.05, 4.69) is 10.1 Å². The largest absolute Gasteiger partial charge is 0.497 e. The van der Waals surface area contributed by atoms with Gasteiger partial charge in [-0.15, -0.1) is 0 Å². The van der Waals surface area contributed by atoms with Gasteiger partial charge in [0, 0.05) is 6.54 Å². The van der Waals surface area contributed by atoms with Gasteiger partial charge in [-0.25, -0.2) is 0 Å². The van der Waals surface area contributed by atoms with Crippen molar-refractivity contribution in [1.82, 2.24) is 5.32 Å². The summed E-state index contributed by atoms with van der Waals surface area (Å²) in [5.41, 5.74) is 1.10. The quantitative estimate of drug-likeness (QED) is 0.750. The highest BCUT2D eigenvalue weighted by Gasteiger charge is 2.27. The number of amides is 1. The molecule has 118 valence electrons. The summed E-state index contributed by atoms with van der Waals surface area (Å²) in [4.78, 5) is 11.2. The Balaban J connectivity index is 2.11. The van der Waals surface area contributed by atoms with E-state index >= 15 is 0 Å². The summed E-state index contributed by atoms with van der Waals surface area (Å²) >= 11 is 0. The molecule has 0 aliphatic carbocycles. The van der Waals surface area contributed by atoms with Crippen LogP contribution < -0.4 is 10.1 Å². The summed E-state index contributed by atoms with van der Waals surface area (Å²) in [6, 6.07) is 7.54. The van der Waals surface area contributed by atoms with Crippen molar-refractivity contribution < 1.29 is 27.4 Å². The number of alkyl halides is 3. The number of hydrogen-bond donors (Lipinski definition) is 1. The second kappa shape index (κ2) is 8.51. The van der Waals surface area contributed by atoms with Crippen LogP contribution in [0.1, 0.15) is 12.0 Å². The van der Waals surface area contributed by atoms with Crippen LogP contribution in [-0.2, 0) is 16.0 Å². The van der Waals surface area contributed by atoms with Gasteiger partial charge in [0.05, 0.1) is 7.11 Å². The van der Waals surface area contributed by atoms with Gasteiger partial charge in [-0.3, -0.25) is 4.79 Å². The van der Waals surface area contributed by atoms with Crippen molar-refractivity contribution in [3.63, 3.8) is 0 Å². The average Bonchev–Trinajstić information content (AvgIpc) is 2.43. The molecule has 0 radical (unpaired) electrons. The Labute approximate surface area is 121 Å². The van der Waals surface area contributed by atoms with Crippen LogP contribution in [0.2, 0.25) is 0 Å². The molecule has 0 aromatic heterocycles. The second-order valence-corrected chi connectivity index (χ2v) is 4.41. The first-order valence-electron chi connectivity index (χ1n) is 6.45. The number of aryl methyl sites for hydroxylation is 1. The maximum absolute atomic E-state index is 11.8. The van der Waals surface area contributed by atoms with Gasteiger partial charge in [-0.05, 0) is 30.5 Å². The molecule has 1 rings (SSSR count). The molecule has 0 heterocycles. The summed E-state index contributed by atoms with van der Waals surface area (Å²) in [5.74, 6) is 0.225. The van der Waals surface area contributed by atoms with Gasteiger partial charge in [-0.2, -0.15) is 13.2 Å². The lowest BCUT2D eigenvalue weighted by molar-refractivity contribution is -0.175. The van der Waals surface area contributed by atoms with Crippen molar-refractivity contribution in [2.75, 3.05) is 26.9 Å². The highest BCUT2D eigenvalue weighted by atomic mass is 19.4. The van der Waals surface area contributed by atoms with Gasteiger partial charge in [-0.1, -0.05) is 12.1 Å². The van der Waals surface area contributed by atoms with Crippen molar-refractivity contribution in [3.8, 4) is 5.75 Å². The lowest BCUT2D eigenvalue weighted by atomic mass is 10.1. The first-order chi connectivity index (χ1) is 9.90. The molecule has 0 aliphatic heterocycles. The first kappa shape index (κ1) is 17.3. The molecule has 1 aromatic rings. The Morgan fingerprint density at radius 3 is 2.48 bits per heavy atom. The van der Waals surface area contributed by atoms with Crippen molar-refractivity contribution in [1.29, 1.82) is 0 Å². The van der Waals surface area contributed by atoms with Crippen LogP contribution in [0.4, 0.5) is 13.2 Å². The zero-order valence-electron chi connectivity index (χ0n) is 11.7. The Bertz CT molecular complexity index is 432. The fourth-order valence-corrected chi connectivity index (χ4v) is 1.62. The van der Waals surface area contributed by atoms with Crippen LogP contribution in [0, 0.1) is 0 Å². The molecule has 0 unspecified atom stereocenters. The van der Waals surface area contributed by atoms with Crippen LogP contribution >= 0.6 is 0 Å². The number of benzene rings is 1. The van der Waals surface area contributed by atoms with Crippen molar-refractivity contribution in [2.24, 2.45) is 0 Å². The van der Waals surface area contributed by atoms with E-state index in [0.29, 0.717) is 13.0 Å². The normalized spacial score (nSPS) is 11.2. The Kier molecular flexibility index (Phi) is 7.01. The van der Waals surface area contributed by atoms with E-state index in [1.165, 1.54) is 0 Å². The maximum Gasteiger partial charge on any atom is 0.411 e. The molecular formula is C14H18F3NO3. The van der Waals surface area contributed by atoms with Crippen LogP contribution in [-0.4, -0.2) is 39.0 Å². The third kappa shape index (κ3) is 8.19. The number of carbonyl (C=O) groups is 1. The minimum atomic E-state index is -4.41. The average molecular weight is 305 g/mol. The highest BCUT2D eigenvalue weighted by molar-refractivity contribution is 5.77. The molecule has 4 nitrogen and oxygen atoms in total. The summed E-state index contributed by atoms with van der Waals surface area (Å²) in [7, 11) is 1.59. The molecule has 0 atom stereocenters. The fourth-order valence-electron chi connectivity index (χ4n) is 1.62. The number of carbonyl (C=O) groups excluding carboxylic acids is 1. The van der Waals surface area contributed by atoms with Crippen molar-refractivity contribution in [2.45, 2.75) is 19.0 Å². The number of hydrogen-bond acceptors (Lipinski definition) is 3. The SMILES string of the molecule is COc1ccc(CCCNC(=O)COCC(F)(F)F)cc1. The van der Waals surface area contributed by atoms with Crippen LogP contribution in [0.5, 0.6) is 5.75 Å². The molecule has 0 bridgehead atoms. The lowest BCUT2D eigenvalue weighted by Gasteiger charge is -2.08. The highest BCUT2D eigenvalue weighted by Crippen LogP contribution is 2.14. The molecule has 1 aromatic carbocycles. The summed E-state index contributed by atoms with van der Waals surface area (Å²) < 4.78 is 44.7. The molecule has 0 spiro atoms. The number of rotatable bonds is 8. The van der Waals surface area contributed by atoms with Crippen LogP contribution in [0.3, 0.4) is 0 Å². The number of nitrogens with one attached hydrogen (secondary N) is 1. The summed E-state index contributed by atoms with van der Waals surface area (Å²) in [6.45, 7) is -1.60. The zero-order chi connectivity index (χ0) is 15.7. The minimum absolute atomic E-state index is 0.389. The van der Waals surface area contributed by atoms with E-state index in [-0.39, 0.29) is 0 Å². The van der Waals surface area contributed by atoms with Gasteiger partial charge in [0.15, 0.2) is 0 Å². The second-order valence-electron chi connectivity index (χ2n) is 4.41. The zero-order valence-corrected chi connectivity index (χ0v) is 11.7. The van der Waals surface area contributed by atoms with Gasteiger partial charge < -0.3 is 14.8 Å². The molecular weight excluding hydrogens is 287 g/mol. The Morgan fingerprint density at radius 1 is 1.24 bits per heavy atom. The molecule has 21 heavy (non-hydrogen) atoms. The third-order valence-electron chi connectivity index (χ3n) is 2.62. The van der Waals surface area contributed by atoms with E-state index in [4.69, 9.17) is 4.74 Å². The topological polar surface area (TPSA) is 47.6 Å². The Hall–Kier alpha value is -1.76. The van der Waals surface area contributed by atoms with E-state index < -0.39 is 25.3 Å². The van der Waals surface area contributed by atoms with Crippen LogP contribution in [0.25, 0.3) is 0 Å². The van der Waals surface area contributed by atoms with Gasteiger partial charge in [0.25, 0.3) is 0 Å². The monoisotopic (exact) mass is 305 g/mol. The number of ether oxygens (including phenoxy) is 2. The predicted octanol–water partition coefficient (Wildman–Crippen LogP) is 2.32.